The second-order valence-corrected chi connectivity index (χ2v) is 5.66. The number of hydrogen-bond acceptors (Lipinski definition) is 3. The lowest BCUT2D eigenvalue weighted by Gasteiger charge is -2.10. The second kappa shape index (κ2) is 5.55. The molecule has 0 fully saturated rings. The summed E-state index contributed by atoms with van der Waals surface area (Å²) < 4.78 is 27.7. The Bertz CT molecular complexity index is 679. The number of aryl methyl sites for hydroxylation is 1. The zero-order valence-electron chi connectivity index (χ0n) is 11.8. The number of rotatable bonds is 4. The van der Waals surface area contributed by atoms with Crippen LogP contribution in [0.1, 0.15) is 35.7 Å². The Labute approximate surface area is 125 Å². The number of alkyl halides is 3. The molecule has 0 aliphatic carbocycles. The Kier molecular flexibility index (Phi) is 4.13. The number of aromatic nitrogens is 3. The van der Waals surface area contributed by atoms with Crippen LogP contribution in [0.25, 0.3) is 5.65 Å². The number of carbonyl (C=O) groups is 1. The average Bonchev–Trinajstić information content (AvgIpc) is 2.77. The van der Waals surface area contributed by atoms with Gasteiger partial charge in [0.25, 0.3) is 5.91 Å². The van der Waals surface area contributed by atoms with Gasteiger partial charge in [0.2, 0.25) is 0 Å². The third-order valence-corrected chi connectivity index (χ3v) is 2.94. The first-order chi connectivity index (χ1) is 9.68. The van der Waals surface area contributed by atoms with Gasteiger partial charge in [0.15, 0.2) is 11.3 Å². The lowest BCUT2D eigenvalue weighted by Crippen LogP contribution is -2.27. The van der Waals surface area contributed by atoms with Crippen molar-refractivity contribution in [2.24, 2.45) is 5.92 Å². The highest BCUT2D eigenvalue weighted by Gasteiger charge is 2.32. The molecule has 0 aliphatic rings. The number of carbonyl (C=O) groups excluding carboxylic acids is 1. The van der Waals surface area contributed by atoms with Crippen molar-refractivity contribution >= 4 is 23.2 Å². The smallest absolute Gasteiger partial charge is 0.350 e. The molecule has 0 bridgehead atoms. The van der Waals surface area contributed by atoms with Gasteiger partial charge in [0, 0.05) is 18.3 Å². The molecule has 2 heterocycles. The van der Waals surface area contributed by atoms with Crippen LogP contribution in [0.2, 0.25) is 0 Å². The first-order valence-electron chi connectivity index (χ1n) is 6.41. The number of amides is 1. The van der Waals surface area contributed by atoms with Crippen LogP contribution in [0.15, 0.2) is 12.1 Å². The SMILES string of the molecule is Cc1cc(C(F)(F)Cl)n2nc(C(=O)NCC(C)C)cc2n1. The van der Waals surface area contributed by atoms with Crippen molar-refractivity contribution in [2.45, 2.75) is 26.2 Å². The van der Waals surface area contributed by atoms with Gasteiger partial charge in [0.1, 0.15) is 5.69 Å². The molecular formula is C13H15ClF2N4O. The zero-order chi connectivity index (χ0) is 15.8. The van der Waals surface area contributed by atoms with Gasteiger partial charge >= 0.3 is 5.38 Å². The van der Waals surface area contributed by atoms with E-state index in [9.17, 15) is 13.6 Å². The quantitative estimate of drug-likeness (QED) is 0.882. The average molecular weight is 317 g/mol. The number of fused-ring (bicyclic) bond motifs is 1. The predicted molar refractivity (Wildman–Crippen MR) is 74.6 cm³/mol. The maximum absolute atomic E-state index is 13.4. The molecule has 0 unspecified atom stereocenters. The highest BCUT2D eigenvalue weighted by molar-refractivity contribution is 6.21. The molecule has 0 saturated heterocycles. The molecule has 0 aliphatic heterocycles. The third kappa shape index (κ3) is 3.47. The Morgan fingerprint density at radius 3 is 2.71 bits per heavy atom. The van der Waals surface area contributed by atoms with Crippen molar-refractivity contribution in [1.82, 2.24) is 19.9 Å². The van der Waals surface area contributed by atoms with Crippen molar-refractivity contribution in [2.75, 3.05) is 6.54 Å². The van der Waals surface area contributed by atoms with Crippen molar-refractivity contribution in [3.63, 3.8) is 0 Å². The van der Waals surface area contributed by atoms with E-state index < -0.39 is 17.0 Å². The molecule has 0 spiro atoms. The van der Waals surface area contributed by atoms with E-state index in [2.05, 4.69) is 15.4 Å². The summed E-state index contributed by atoms with van der Waals surface area (Å²) in [5, 5.41) is 2.95. The fourth-order valence-electron chi connectivity index (χ4n) is 1.80. The lowest BCUT2D eigenvalue weighted by atomic mass is 10.2. The van der Waals surface area contributed by atoms with Crippen LogP contribution in [-0.4, -0.2) is 27.0 Å². The van der Waals surface area contributed by atoms with Crippen LogP contribution in [0, 0.1) is 12.8 Å². The first-order valence-corrected chi connectivity index (χ1v) is 6.79. The van der Waals surface area contributed by atoms with Gasteiger partial charge in [-0.2, -0.15) is 13.9 Å². The maximum Gasteiger partial charge on any atom is 0.364 e. The summed E-state index contributed by atoms with van der Waals surface area (Å²) >= 11 is 5.08. The van der Waals surface area contributed by atoms with Gasteiger partial charge in [-0.15, -0.1) is 0 Å². The monoisotopic (exact) mass is 316 g/mol. The molecule has 114 valence electrons. The summed E-state index contributed by atoms with van der Waals surface area (Å²) in [4.78, 5) is 16.0. The fraction of sp³-hybridized carbons (Fsp3) is 0.462. The number of halogens is 3. The number of nitrogens with zero attached hydrogens (tertiary/aromatic N) is 3. The molecule has 0 saturated carbocycles. The van der Waals surface area contributed by atoms with Crippen LogP contribution in [0.4, 0.5) is 8.78 Å². The maximum atomic E-state index is 13.4. The molecule has 1 N–H and O–H groups in total. The van der Waals surface area contributed by atoms with Gasteiger partial charge in [-0.05, 0) is 30.5 Å². The van der Waals surface area contributed by atoms with Crippen LogP contribution < -0.4 is 5.32 Å². The van der Waals surface area contributed by atoms with Gasteiger partial charge in [-0.3, -0.25) is 4.79 Å². The van der Waals surface area contributed by atoms with Gasteiger partial charge < -0.3 is 5.32 Å². The van der Waals surface area contributed by atoms with E-state index in [1.807, 2.05) is 13.8 Å². The molecule has 0 aromatic carbocycles. The standard InChI is InChI=1S/C13H15ClF2N4O/c1-7(2)6-17-12(21)9-5-11-18-8(3)4-10(13(14,15)16)20(11)19-9/h4-5,7H,6H2,1-3H3,(H,17,21). The van der Waals surface area contributed by atoms with Crippen LogP contribution in [-0.2, 0) is 5.38 Å². The summed E-state index contributed by atoms with van der Waals surface area (Å²) in [5.41, 5.74) is 0.0254. The van der Waals surface area contributed by atoms with E-state index in [-0.39, 0.29) is 17.3 Å². The van der Waals surface area contributed by atoms with Crippen molar-refractivity contribution in [3.8, 4) is 0 Å². The molecule has 5 nitrogen and oxygen atoms in total. The lowest BCUT2D eigenvalue weighted by molar-refractivity contribution is 0.0864. The molecule has 1 amide bonds. The highest BCUT2D eigenvalue weighted by atomic mass is 35.5. The molecule has 2 aromatic heterocycles. The summed E-state index contributed by atoms with van der Waals surface area (Å²) in [6.07, 6.45) is 0. The summed E-state index contributed by atoms with van der Waals surface area (Å²) in [5.74, 6) is -0.162. The summed E-state index contributed by atoms with van der Waals surface area (Å²) in [6, 6.07) is 2.50. The molecule has 21 heavy (non-hydrogen) atoms. The second-order valence-electron chi connectivity index (χ2n) is 5.18. The third-order valence-electron chi connectivity index (χ3n) is 2.75. The van der Waals surface area contributed by atoms with E-state index in [0.717, 1.165) is 10.6 Å². The molecule has 8 heteroatoms. The summed E-state index contributed by atoms with van der Waals surface area (Å²) in [6.45, 7) is 5.93. The van der Waals surface area contributed by atoms with E-state index in [1.165, 1.54) is 6.07 Å². The van der Waals surface area contributed by atoms with E-state index in [4.69, 9.17) is 11.6 Å². The number of nitrogens with one attached hydrogen (secondary N) is 1. The minimum Gasteiger partial charge on any atom is -0.350 e. The molecule has 2 rings (SSSR count). The number of hydrogen-bond donors (Lipinski definition) is 1. The fourth-order valence-corrected chi connectivity index (χ4v) is 1.93. The normalized spacial score (nSPS) is 12.1. The Morgan fingerprint density at radius 1 is 1.48 bits per heavy atom. The first kappa shape index (κ1) is 15.6. The largest absolute Gasteiger partial charge is 0.364 e. The minimum absolute atomic E-state index is 0.0240. The predicted octanol–water partition coefficient (Wildman–Crippen LogP) is 2.71. The van der Waals surface area contributed by atoms with E-state index in [0.29, 0.717) is 12.2 Å². The van der Waals surface area contributed by atoms with Gasteiger partial charge in [0.05, 0.1) is 0 Å². The Hall–Kier alpha value is -1.76. The topological polar surface area (TPSA) is 59.3 Å². The van der Waals surface area contributed by atoms with Crippen molar-refractivity contribution in [1.29, 1.82) is 0 Å². The summed E-state index contributed by atoms with van der Waals surface area (Å²) in [7, 11) is 0. The zero-order valence-corrected chi connectivity index (χ0v) is 12.6. The van der Waals surface area contributed by atoms with Crippen LogP contribution in [0.3, 0.4) is 0 Å². The van der Waals surface area contributed by atoms with Crippen LogP contribution >= 0.6 is 11.6 Å². The molecular weight excluding hydrogens is 302 g/mol. The van der Waals surface area contributed by atoms with Crippen LogP contribution in [0.5, 0.6) is 0 Å². The van der Waals surface area contributed by atoms with E-state index >= 15 is 0 Å². The van der Waals surface area contributed by atoms with Crippen molar-refractivity contribution < 1.29 is 13.6 Å². The molecule has 0 atom stereocenters. The van der Waals surface area contributed by atoms with Gasteiger partial charge in [-0.25, -0.2) is 9.50 Å². The van der Waals surface area contributed by atoms with Crippen molar-refractivity contribution in [3.05, 3.63) is 29.2 Å². The Balaban J connectivity index is 2.44. The Morgan fingerprint density at radius 2 is 2.14 bits per heavy atom. The minimum atomic E-state index is -3.59. The molecule has 2 aromatic rings. The van der Waals surface area contributed by atoms with E-state index in [1.54, 1.807) is 6.92 Å². The van der Waals surface area contributed by atoms with Gasteiger partial charge in [-0.1, -0.05) is 13.8 Å². The molecule has 0 radical (unpaired) electrons. The highest BCUT2D eigenvalue weighted by Crippen LogP contribution is 2.32.